The standard InChI is InChI=1S/C17H21NO2S/c1-13(2)12-15-8-10-16(11-9-15)21(19,20)18-17-7-5-4-6-14(17)3/h4-11,13,18H,12H2,1-3H3. The lowest BCUT2D eigenvalue weighted by atomic mass is 10.0. The first kappa shape index (κ1) is 15.6. The van der Waals surface area contributed by atoms with Gasteiger partial charge in [0.15, 0.2) is 0 Å². The first-order valence-electron chi connectivity index (χ1n) is 7.06. The van der Waals surface area contributed by atoms with Gasteiger partial charge in [-0.2, -0.15) is 0 Å². The van der Waals surface area contributed by atoms with Gasteiger partial charge in [0, 0.05) is 0 Å². The molecule has 0 saturated carbocycles. The summed E-state index contributed by atoms with van der Waals surface area (Å²) >= 11 is 0. The number of hydrogen-bond donors (Lipinski definition) is 1. The van der Waals surface area contributed by atoms with Crippen LogP contribution in [0.4, 0.5) is 5.69 Å². The van der Waals surface area contributed by atoms with E-state index >= 15 is 0 Å². The third-order valence-electron chi connectivity index (χ3n) is 3.27. The molecule has 0 bridgehead atoms. The van der Waals surface area contributed by atoms with E-state index in [9.17, 15) is 8.42 Å². The van der Waals surface area contributed by atoms with Gasteiger partial charge in [-0.15, -0.1) is 0 Å². The first-order chi connectivity index (χ1) is 9.88. The Morgan fingerprint density at radius 1 is 1.00 bits per heavy atom. The van der Waals surface area contributed by atoms with Gasteiger partial charge in [-0.1, -0.05) is 44.2 Å². The van der Waals surface area contributed by atoms with Crippen molar-refractivity contribution in [1.29, 1.82) is 0 Å². The summed E-state index contributed by atoms with van der Waals surface area (Å²) in [5, 5.41) is 0. The fourth-order valence-corrected chi connectivity index (χ4v) is 3.30. The number of hydrogen-bond acceptors (Lipinski definition) is 2. The quantitative estimate of drug-likeness (QED) is 0.907. The van der Waals surface area contributed by atoms with Gasteiger partial charge in [-0.3, -0.25) is 4.72 Å². The zero-order valence-electron chi connectivity index (χ0n) is 12.6. The molecule has 2 aromatic carbocycles. The molecule has 0 unspecified atom stereocenters. The number of aryl methyl sites for hydroxylation is 1. The van der Waals surface area contributed by atoms with Gasteiger partial charge < -0.3 is 0 Å². The lowest BCUT2D eigenvalue weighted by Crippen LogP contribution is -2.13. The molecule has 0 aliphatic rings. The van der Waals surface area contributed by atoms with E-state index in [-0.39, 0.29) is 0 Å². The summed E-state index contributed by atoms with van der Waals surface area (Å²) in [5.74, 6) is 0.553. The normalized spacial score (nSPS) is 11.6. The maximum atomic E-state index is 12.4. The van der Waals surface area contributed by atoms with Crippen molar-refractivity contribution in [3.63, 3.8) is 0 Å². The van der Waals surface area contributed by atoms with E-state index in [1.807, 2.05) is 37.3 Å². The van der Waals surface area contributed by atoms with Crippen LogP contribution in [0.15, 0.2) is 53.4 Å². The fraction of sp³-hybridized carbons (Fsp3) is 0.294. The Hall–Kier alpha value is -1.81. The molecule has 21 heavy (non-hydrogen) atoms. The van der Waals surface area contributed by atoms with Crippen molar-refractivity contribution in [1.82, 2.24) is 0 Å². The van der Waals surface area contributed by atoms with Crippen molar-refractivity contribution in [2.75, 3.05) is 4.72 Å². The molecule has 0 amide bonds. The molecule has 0 aliphatic carbocycles. The third kappa shape index (κ3) is 4.08. The maximum absolute atomic E-state index is 12.4. The summed E-state index contributed by atoms with van der Waals surface area (Å²) in [6.07, 6.45) is 0.950. The second-order valence-electron chi connectivity index (χ2n) is 5.66. The van der Waals surface area contributed by atoms with Crippen LogP contribution in [0.5, 0.6) is 0 Å². The molecule has 0 saturated heterocycles. The number of para-hydroxylation sites is 1. The second kappa shape index (κ2) is 6.31. The summed E-state index contributed by atoms with van der Waals surface area (Å²) in [5.41, 5.74) is 2.67. The van der Waals surface area contributed by atoms with Crippen LogP contribution in [0.3, 0.4) is 0 Å². The highest BCUT2D eigenvalue weighted by atomic mass is 32.2. The van der Waals surface area contributed by atoms with Crippen molar-refractivity contribution in [2.24, 2.45) is 5.92 Å². The smallest absolute Gasteiger partial charge is 0.261 e. The molecule has 0 aromatic heterocycles. The highest BCUT2D eigenvalue weighted by Crippen LogP contribution is 2.20. The van der Waals surface area contributed by atoms with Crippen LogP contribution in [0.2, 0.25) is 0 Å². The zero-order valence-corrected chi connectivity index (χ0v) is 13.4. The van der Waals surface area contributed by atoms with Gasteiger partial charge in [0.05, 0.1) is 10.6 Å². The minimum Gasteiger partial charge on any atom is -0.279 e. The van der Waals surface area contributed by atoms with Crippen LogP contribution in [-0.4, -0.2) is 8.42 Å². The maximum Gasteiger partial charge on any atom is 0.261 e. The van der Waals surface area contributed by atoms with Gasteiger partial charge in [0.1, 0.15) is 0 Å². The van der Waals surface area contributed by atoms with Gasteiger partial charge in [-0.25, -0.2) is 8.42 Å². The number of nitrogens with one attached hydrogen (secondary N) is 1. The van der Waals surface area contributed by atoms with Gasteiger partial charge in [0.25, 0.3) is 10.0 Å². The Kier molecular flexibility index (Phi) is 4.68. The van der Waals surface area contributed by atoms with Crippen LogP contribution in [-0.2, 0) is 16.4 Å². The number of sulfonamides is 1. The van der Waals surface area contributed by atoms with Crippen molar-refractivity contribution in [3.05, 3.63) is 59.7 Å². The zero-order chi connectivity index (χ0) is 15.5. The average Bonchev–Trinajstić information content (AvgIpc) is 2.41. The Morgan fingerprint density at radius 3 is 2.19 bits per heavy atom. The van der Waals surface area contributed by atoms with E-state index in [1.165, 1.54) is 0 Å². The highest BCUT2D eigenvalue weighted by Gasteiger charge is 2.14. The lowest BCUT2D eigenvalue weighted by molar-refractivity contribution is 0.601. The van der Waals surface area contributed by atoms with Gasteiger partial charge in [0.2, 0.25) is 0 Å². The Bertz CT molecular complexity index is 704. The second-order valence-corrected chi connectivity index (χ2v) is 7.34. The Morgan fingerprint density at radius 2 is 1.62 bits per heavy atom. The molecule has 1 N–H and O–H groups in total. The highest BCUT2D eigenvalue weighted by molar-refractivity contribution is 7.92. The van der Waals surface area contributed by atoms with E-state index in [0.717, 1.165) is 17.5 Å². The van der Waals surface area contributed by atoms with Gasteiger partial charge in [-0.05, 0) is 48.6 Å². The number of anilines is 1. The summed E-state index contributed by atoms with van der Waals surface area (Å²) in [7, 11) is -3.53. The van der Waals surface area contributed by atoms with Crippen LogP contribution in [0.25, 0.3) is 0 Å². The lowest BCUT2D eigenvalue weighted by Gasteiger charge is -2.11. The molecule has 0 spiro atoms. The van der Waals surface area contributed by atoms with Crippen LogP contribution in [0.1, 0.15) is 25.0 Å². The summed E-state index contributed by atoms with van der Waals surface area (Å²) in [6, 6.07) is 14.4. The van der Waals surface area contributed by atoms with Crippen molar-refractivity contribution in [2.45, 2.75) is 32.1 Å². The summed E-state index contributed by atoms with van der Waals surface area (Å²) in [4.78, 5) is 0.290. The Balaban J connectivity index is 2.22. The summed E-state index contributed by atoms with van der Waals surface area (Å²) in [6.45, 7) is 6.17. The molecule has 0 heterocycles. The molecule has 2 aromatic rings. The molecule has 0 aliphatic heterocycles. The van der Waals surface area contributed by atoms with E-state index in [0.29, 0.717) is 16.5 Å². The van der Waals surface area contributed by atoms with E-state index in [4.69, 9.17) is 0 Å². The van der Waals surface area contributed by atoms with Crippen molar-refractivity contribution < 1.29 is 8.42 Å². The van der Waals surface area contributed by atoms with Crippen molar-refractivity contribution >= 4 is 15.7 Å². The van der Waals surface area contributed by atoms with E-state index in [2.05, 4.69) is 18.6 Å². The number of rotatable bonds is 5. The number of benzene rings is 2. The molecule has 112 valence electrons. The van der Waals surface area contributed by atoms with Crippen LogP contribution >= 0.6 is 0 Å². The molecule has 4 heteroatoms. The first-order valence-corrected chi connectivity index (χ1v) is 8.54. The van der Waals surface area contributed by atoms with Crippen LogP contribution in [0, 0.1) is 12.8 Å². The van der Waals surface area contributed by atoms with Crippen LogP contribution < -0.4 is 4.72 Å². The molecule has 3 nitrogen and oxygen atoms in total. The molecule has 0 fully saturated rings. The Labute approximate surface area is 127 Å². The SMILES string of the molecule is Cc1ccccc1NS(=O)(=O)c1ccc(CC(C)C)cc1. The van der Waals surface area contributed by atoms with E-state index < -0.39 is 10.0 Å². The molecule has 2 rings (SSSR count). The predicted octanol–water partition coefficient (Wildman–Crippen LogP) is 3.99. The third-order valence-corrected chi connectivity index (χ3v) is 4.65. The van der Waals surface area contributed by atoms with Gasteiger partial charge >= 0.3 is 0 Å². The average molecular weight is 303 g/mol. The monoisotopic (exact) mass is 303 g/mol. The van der Waals surface area contributed by atoms with E-state index in [1.54, 1.807) is 18.2 Å². The largest absolute Gasteiger partial charge is 0.279 e. The molecular weight excluding hydrogens is 282 g/mol. The fourth-order valence-electron chi connectivity index (χ4n) is 2.17. The minimum atomic E-state index is -3.53. The topological polar surface area (TPSA) is 46.2 Å². The molecule has 0 radical (unpaired) electrons. The predicted molar refractivity (Wildman–Crippen MR) is 87.0 cm³/mol. The summed E-state index contributed by atoms with van der Waals surface area (Å²) < 4.78 is 27.4. The minimum absolute atomic E-state index is 0.290. The molecule has 0 atom stereocenters. The van der Waals surface area contributed by atoms with Crippen molar-refractivity contribution in [3.8, 4) is 0 Å². The molecular formula is C17H21NO2S.